The van der Waals surface area contributed by atoms with Gasteiger partial charge in [0.1, 0.15) is 12.3 Å². The fourth-order valence-electron chi connectivity index (χ4n) is 4.51. The van der Waals surface area contributed by atoms with Gasteiger partial charge >= 0.3 is 5.97 Å². The van der Waals surface area contributed by atoms with Crippen LogP contribution in [0.1, 0.15) is 38.3 Å². The Balaban J connectivity index is 1.96. The van der Waals surface area contributed by atoms with Crippen molar-refractivity contribution in [3.63, 3.8) is 0 Å². The first-order valence-corrected chi connectivity index (χ1v) is 10.0. The maximum Gasteiger partial charge on any atom is 0.323 e. The molecule has 0 saturated carbocycles. The molecule has 1 aliphatic heterocycles. The predicted octanol–water partition coefficient (Wildman–Crippen LogP) is 4.40. The molecule has 6 nitrogen and oxygen atoms in total. The number of aliphatic carboxylic acids is 1. The van der Waals surface area contributed by atoms with Crippen molar-refractivity contribution < 1.29 is 19.4 Å². The quantitative estimate of drug-likeness (QED) is 0.784. The minimum absolute atomic E-state index is 0.0535. The highest BCUT2D eigenvalue weighted by Crippen LogP contribution is 2.48. The fraction of sp³-hybridized carbons (Fsp3) is 0.333. The second-order valence-corrected chi connectivity index (χ2v) is 8.67. The van der Waals surface area contributed by atoms with E-state index in [1.807, 2.05) is 53.4 Å². The van der Waals surface area contributed by atoms with Gasteiger partial charge in [-0.1, -0.05) is 38.1 Å². The Morgan fingerprint density at radius 3 is 2.53 bits per heavy atom. The van der Waals surface area contributed by atoms with E-state index in [0.717, 1.165) is 29.1 Å². The van der Waals surface area contributed by atoms with E-state index < -0.39 is 12.0 Å². The highest BCUT2D eigenvalue weighted by atomic mass is 16.5. The lowest BCUT2D eigenvalue weighted by Crippen LogP contribution is -2.38. The van der Waals surface area contributed by atoms with E-state index in [0.29, 0.717) is 17.7 Å². The molecule has 1 heterocycles. The van der Waals surface area contributed by atoms with Crippen molar-refractivity contribution >= 4 is 23.1 Å². The molecule has 6 heteroatoms. The molecule has 0 amide bonds. The minimum atomic E-state index is -0.948. The summed E-state index contributed by atoms with van der Waals surface area (Å²) in [5, 5.41) is 13.2. The third kappa shape index (κ3) is 3.65. The van der Waals surface area contributed by atoms with E-state index in [1.54, 1.807) is 7.11 Å². The summed E-state index contributed by atoms with van der Waals surface area (Å²) in [4.78, 5) is 27.0. The number of nitrogens with one attached hydrogen (secondary N) is 1. The van der Waals surface area contributed by atoms with E-state index >= 15 is 0 Å². The SMILES string of the molecule is COc1ccc(C2C3=C(CC(C)(C)CC3=O)Nc3ccccc3N2CC(=O)O)cc1. The molecule has 2 N–H and O–H groups in total. The number of hydrogen-bond acceptors (Lipinski definition) is 5. The third-order valence-corrected chi connectivity index (χ3v) is 5.74. The van der Waals surface area contributed by atoms with Crippen LogP contribution in [0.15, 0.2) is 59.8 Å². The maximum absolute atomic E-state index is 13.4. The summed E-state index contributed by atoms with van der Waals surface area (Å²) in [5.74, 6) is -0.185. The summed E-state index contributed by atoms with van der Waals surface area (Å²) in [6, 6.07) is 14.6. The van der Waals surface area contributed by atoms with Crippen LogP contribution in [0.2, 0.25) is 0 Å². The Hall–Kier alpha value is -3.28. The summed E-state index contributed by atoms with van der Waals surface area (Å²) in [5.41, 5.74) is 3.79. The summed E-state index contributed by atoms with van der Waals surface area (Å²) < 4.78 is 5.28. The van der Waals surface area contributed by atoms with E-state index in [4.69, 9.17) is 4.74 Å². The molecule has 156 valence electrons. The number of ketones is 1. The van der Waals surface area contributed by atoms with Gasteiger partial charge in [0.15, 0.2) is 5.78 Å². The largest absolute Gasteiger partial charge is 0.497 e. The molecule has 2 aromatic carbocycles. The van der Waals surface area contributed by atoms with Gasteiger partial charge in [-0.2, -0.15) is 0 Å². The number of hydrogen-bond donors (Lipinski definition) is 2. The molecule has 0 aromatic heterocycles. The smallest absolute Gasteiger partial charge is 0.323 e. The number of benzene rings is 2. The number of Topliss-reactive ketones (excluding diaryl/α,β-unsaturated/α-hetero) is 1. The van der Waals surface area contributed by atoms with Crippen LogP contribution in [0.25, 0.3) is 0 Å². The topological polar surface area (TPSA) is 78.9 Å². The number of anilines is 2. The lowest BCUT2D eigenvalue weighted by molar-refractivity contribution is -0.135. The van der Waals surface area contributed by atoms with E-state index in [1.165, 1.54) is 0 Å². The summed E-state index contributed by atoms with van der Waals surface area (Å²) in [6.45, 7) is 3.96. The molecule has 0 saturated heterocycles. The van der Waals surface area contributed by atoms with Crippen LogP contribution in [0.5, 0.6) is 5.75 Å². The van der Waals surface area contributed by atoms with Crippen LogP contribution in [-0.4, -0.2) is 30.5 Å². The van der Waals surface area contributed by atoms with Crippen LogP contribution in [0, 0.1) is 5.41 Å². The second-order valence-electron chi connectivity index (χ2n) is 8.67. The zero-order valence-corrected chi connectivity index (χ0v) is 17.4. The van der Waals surface area contributed by atoms with Crippen LogP contribution in [0.4, 0.5) is 11.4 Å². The number of nitrogens with zero attached hydrogens (tertiary/aromatic N) is 1. The van der Waals surface area contributed by atoms with Gasteiger partial charge in [-0.15, -0.1) is 0 Å². The number of carboxylic acids is 1. The minimum Gasteiger partial charge on any atom is -0.497 e. The Kier molecular flexibility index (Phi) is 5.02. The highest BCUT2D eigenvalue weighted by Gasteiger charge is 2.41. The van der Waals surface area contributed by atoms with Gasteiger partial charge in [-0.25, -0.2) is 0 Å². The van der Waals surface area contributed by atoms with Gasteiger partial charge in [0.25, 0.3) is 0 Å². The van der Waals surface area contributed by atoms with Crippen molar-refractivity contribution in [1.29, 1.82) is 0 Å². The van der Waals surface area contributed by atoms with Crippen LogP contribution in [0.3, 0.4) is 0 Å². The first kappa shape index (κ1) is 20.0. The molecule has 2 aliphatic rings. The van der Waals surface area contributed by atoms with Crippen LogP contribution >= 0.6 is 0 Å². The molecule has 2 aromatic rings. The number of methoxy groups -OCH3 is 1. The Labute approximate surface area is 176 Å². The first-order valence-electron chi connectivity index (χ1n) is 10.0. The molecule has 1 aliphatic carbocycles. The first-order chi connectivity index (χ1) is 14.3. The maximum atomic E-state index is 13.4. The van der Waals surface area contributed by atoms with Crippen molar-refractivity contribution in [3.05, 3.63) is 65.4 Å². The molecule has 1 unspecified atom stereocenters. The average Bonchev–Trinajstić information content (AvgIpc) is 2.81. The average molecular weight is 406 g/mol. The van der Waals surface area contributed by atoms with Crippen molar-refractivity contribution in [2.45, 2.75) is 32.7 Å². The summed E-state index contributed by atoms with van der Waals surface area (Å²) >= 11 is 0. The summed E-state index contributed by atoms with van der Waals surface area (Å²) in [6.07, 6.45) is 1.15. The number of rotatable bonds is 4. The number of carbonyl (C=O) groups is 2. The molecule has 4 rings (SSSR count). The normalized spacial score (nSPS) is 20.0. The molecule has 0 bridgehead atoms. The fourth-order valence-corrected chi connectivity index (χ4v) is 4.51. The Morgan fingerprint density at radius 2 is 1.87 bits per heavy atom. The molecule has 0 fully saturated rings. The molecule has 0 radical (unpaired) electrons. The van der Waals surface area contributed by atoms with Crippen molar-refractivity contribution in [1.82, 2.24) is 0 Å². The standard InChI is InChI=1S/C24H26N2O4/c1-24(2)12-18-22(20(27)13-24)23(15-8-10-16(30-3)11-9-15)26(14-21(28)29)19-7-5-4-6-17(19)25-18/h4-11,23,25H,12-14H2,1-3H3,(H,28,29). The summed E-state index contributed by atoms with van der Waals surface area (Å²) in [7, 11) is 1.60. The number of para-hydroxylation sites is 2. The third-order valence-electron chi connectivity index (χ3n) is 5.74. The molecular weight excluding hydrogens is 380 g/mol. The predicted molar refractivity (Wildman–Crippen MR) is 116 cm³/mol. The Bertz CT molecular complexity index is 1020. The zero-order valence-electron chi connectivity index (χ0n) is 17.4. The molecule has 30 heavy (non-hydrogen) atoms. The van der Waals surface area contributed by atoms with Crippen LogP contribution < -0.4 is 15.0 Å². The van der Waals surface area contributed by atoms with Gasteiger partial charge in [0.2, 0.25) is 0 Å². The van der Waals surface area contributed by atoms with Gasteiger partial charge in [-0.05, 0) is 41.7 Å². The lowest BCUT2D eigenvalue weighted by atomic mass is 9.73. The van der Waals surface area contributed by atoms with E-state index in [-0.39, 0.29) is 17.7 Å². The van der Waals surface area contributed by atoms with E-state index in [2.05, 4.69) is 19.2 Å². The molecule has 0 spiro atoms. The number of carbonyl (C=O) groups excluding carboxylic acids is 1. The number of fused-ring (bicyclic) bond motifs is 1. The van der Waals surface area contributed by atoms with Crippen LogP contribution in [-0.2, 0) is 9.59 Å². The monoisotopic (exact) mass is 406 g/mol. The molecular formula is C24H26N2O4. The number of ether oxygens (including phenoxy) is 1. The molecule has 1 atom stereocenters. The van der Waals surface area contributed by atoms with Gasteiger partial charge < -0.3 is 20.1 Å². The van der Waals surface area contributed by atoms with Gasteiger partial charge in [-0.3, -0.25) is 9.59 Å². The lowest BCUT2D eigenvalue weighted by Gasteiger charge is -2.37. The van der Waals surface area contributed by atoms with Gasteiger partial charge in [0, 0.05) is 17.7 Å². The number of allylic oxidation sites excluding steroid dienone is 1. The van der Waals surface area contributed by atoms with Gasteiger partial charge in [0.05, 0.1) is 24.5 Å². The zero-order chi connectivity index (χ0) is 21.5. The van der Waals surface area contributed by atoms with Crippen molar-refractivity contribution in [2.24, 2.45) is 5.41 Å². The second kappa shape index (κ2) is 7.52. The highest BCUT2D eigenvalue weighted by molar-refractivity contribution is 6.01. The number of carboxylic acid groups (broad SMARTS) is 1. The Morgan fingerprint density at radius 1 is 1.17 bits per heavy atom. The van der Waals surface area contributed by atoms with E-state index in [9.17, 15) is 14.7 Å². The van der Waals surface area contributed by atoms with Crippen molar-refractivity contribution in [2.75, 3.05) is 23.9 Å². The van der Waals surface area contributed by atoms with Crippen molar-refractivity contribution in [3.8, 4) is 5.75 Å².